The lowest BCUT2D eigenvalue weighted by atomic mass is 9.99. The molecule has 19 heavy (non-hydrogen) atoms. The molecule has 4 nitrogen and oxygen atoms in total. The van der Waals surface area contributed by atoms with Crippen molar-refractivity contribution in [2.75, 3.05) is 18.1 Å². The Hall–Kier alpha value is -0.810. The Morgan fingerprint density at radius 2 is 2.00 bits per heavy atom. The summed E-state index contributed by atoms with van der Waals surface area (Å²) >= 11 is 6.32. The first-order valence-corrected chi connectivity index (χ1v) is 8.75. The number of rotatable bonds is 7. The first-order chi connectivity index (χ1) is 8.90. The van der Waals surface area contributed by atoms with Crippen molar-refractivity contribution in [3.8, 4) is 0 Å². The lowest BCUT2D eigenvalue weighted by Gasteiger charge is -2.20. The summed E-state index contributed by atoms with van der Waals surface area (Å²) in [6.45, 7) is 4.71. The van der Waals surface area contributed by atoms with Crippen molar-refractivity contribution in [3.63, 3.8) is 0 Å². The third-order valence-corrected chi connectivity index (χ3v) is 4.83. The molecule has 108 valence electrons. The molecule has 0 spiro atoms. The van der Waals surface area contributed by atoms with E-state index in [1.54, 1.807) is 18.3 Å². The van der Waals surface area contributed by atoms with Gasteiger partial charge in [-0.1, -0.05) is 26.7 Å². The largest absolute Gasteiger partial charge is 0.367 e. The van der Waals surface area contributed by atoms with Crippen LogP contribution in [-0.4, -0.2) is 31.6 Å². The summed E-state index contributed by atoms with van der Waals surface area (Å²) in [7, 11) is -3.28. The van der Waals surface area contributed by atoms with Gasteiger partial charge in [0.15, 0.2) is 9.84 Å². The molecular formula is C13H21ClN2O2S. The number of hydrogen-bond acceptors (Lipinski definition) is 4. The fraction of sp³-hybridized carbons (Fsp3) is 0.615. The summed E-state index contributed by atoms with van der Waals surface area (Å²) in [6, 6.07) is 3.16. The average molecular weight is 305 g/mol. The van der Waals surface area contributed by atoms with E-state index in [1.165, 1.54) is 6.26 Å². The van der Waals surface area contributed by atoms with E-state index in [-0.39, 0.29) is 10.3 Å². The van der Waals surface area contributed by atoms with Crippen LogP contribution >= 0.6 is 11.6 Å². The van der Waals surface area contributed by atoms with Crippen LogP contribution in [0.1, 0.15) is 26.7 Å². The van der Waals surface area contributed by atoms with E-state index in [0.717, 1.165) is 12.8 Å². The van der Waals surface area contributed by atoms with Crippen LogP contribution in [0.15, 0.2) is 23.2 Å². The molecule has 0 aliphatic heterocycles. The number of sulfone groups is 1. The summed E-state index contributed by atoms with van der Waals surface area (Å²) in [5.74, 6) is 0.793. The number of aromatic nitrogens is 1. The predicted octanol–water partition coefficient (Wildman–Crippen LogP) is 2.94. The van der Waals surface area contributed by atoms with Gasteiger partial charge in [0.05, 0.1) is 5.38 Å². The lowest BCUT2D eigenvalue weighted by molar-refractivity contribution is 0.475. The highest BCUT2D eigenvalue weighted by Gasteiger charge is 2.18. The van der Waals surface area contributed by atoms with Crippen LogP contribution in [0.2, 0.25) is 0 Å². The highest BCUT2D eigenvalue weighted by molar-refractivity contribution is 7.90. The van der Waals surface area contributed by atoms with Crippen molar-refractivity contribution in [3.05, 3.63) is 18.3 Å². The standard InChI is InChI=1S/C13H21ClN2O2S/c1-4-10(5-2)11(14)9-16-13-12(19(3,17)18)7-6-8-15-13/h6-8,10-11H,4-5,9H2,1-3H3,(H,15,16). The van der Waals surface area contributed by atoms with Crippen molar-refractivity contribution in [2.24, 2.45) is 5.92 Å². The summed E-state index contributed by atoms with van der Waals surface area (Å²) in [5.41, 5.74) is 0. The SMILES string of the molecule is CCC(CC)C(Cl)CNc1ncccc1S(C)(=O)=O. The van der Waals surface area contributed by atoms with E-state index < -0.39 is 9.84 Å². The van der Waals surface area contributed by atoms with Crippen LogP contribution in [-0.2, 0) is 9.84 Å². The highest BCUT2D eigenvalue weighted by Crippen LogP contribution is 2.21. The quantitative estimate of drug-likeness (QED) is 0.787. The molecular weight excluding hydrogens is 284 g/mol. The number of nitrogens with one attached hydrogen (secondary N) is 1. The molecule has 1 N–H and O–H groups in total. The van der Waals surface area contributed by atoms with E-state index in [4.69, 9.17) is 11.6 Å². The van der Waals surface area contributed by atoms with Gasteiger partial charge < -0.3 is 5.32 Å². The Balaban J connectivity index is 2.79. The molecule has 0 saturated heterocycles. The van der Waals surface area contributed by atoms with E-state index in [0.29, 0.717) is 18.3 Å². The molecule has 0 fully saturated rings. The van der Waals surface area contributed by atoms with Crippen molar-refractivity contribution in [2.45, 2.75) is 37.0 Å². The maximum atomic E-state index is 11.6. The number of anilines is 1. The molecule has 0 saturated carbocycles. The zero-order chi connectivity index (χ0) is 14.5. The molecule has 1 atom stereocenters. The second-order valence-corrected chi connectivity index (χ2v) is 7.14. The van der Waals surface area contributed by atoms with Crippen molar-refractivity contribution in [1.29, 1.82) is 0 Å². The second-order valence-electron chi connectivity index (χ2n) is 4.60. The maximum Gasteiger partial charge on any atom is 0.179 e. The molecule has 1 unspecified atom stereocenters. The molecule has 1 heterocycles. The molecule has 0 amide bonds. The predicted molar refractivity (Wildman–Crippen MR) is 79.5 cm³/mol. The number of pyridine rings is 1. The molecule has 1 aromatic heterocycles. The van der Waals surface area contributed by atoms with Gasteiger partial charge in [0.1, 0.15) is 10.7 Å². The minimum Gasteiger partial charge on any atom is -0.367 e. The highest BCUT2D eigenvalue weighted by atomic mass is 35.5. The van der Waals surface area contributed by atoms with Crippen LogP contribution in [0.5, 0.6) is 0 Å². The van der Waals surface area contributed by atoms with Crippen LogP contribution in [0, 0.1) is 5.92 Å². The molecule has 6 heteroatoms. The summed E-state index contributed by atoms with van der Waals surface area (Å²) < 4.78 is 23.3. The third kappa shape index (κ3) is 4.66. The zero-order valence-electron chi connectivity index (χ0n) is 11.6. The van der Waals surface area contributed by atoms with Crippen molar-refractivity contribution in [1.82, 2.24) is 4.98 Å². The van der Waals surface area contributed by atoms with E-state index in [2.05, 4.69) is 24.1 Å². The summed E-state index contributed by atoms with van der Waals surface area (Å²) in [5, 5.41) is 3.01. The Morgan fingerprint density at radius 1 is 1.37 bits per heavy atom. The smallest absolute Gasteiger partial charge is 0.179 e. The van der Waals surface area contributed by atoms with Gasteiger partial charge in [-0.05, 0) is 18.1 Å². The van der Waals surface area contributed by atoms with Gasteiger partial charge in [0, 0.05) is 19.0 Å². The normalized spacial score (nSPS) is 13.5. The fourth-order valence-corrected chi connectivity index (χ4v) is 3.22. The number of nitrogens with zero attached hydrogens (tertiary/aromatic N) is 1. The molecule has 1 aromatic rings. The van der Waals surface area contributed by atoms with E-state index in [1.807, 2.05) is 0 Å². The first-order valence-electron chi connectivity index (χ1n) is 6.43. The second kappa shape index (κ2) is 7.10. The summed E-state index contributed by atoms with van der Waals surface area (Å²) in [4.78, 5) is 4.29. The van der Waals surface area contributed by atoms with Gasteiger partial charge in [-0.25, -0.2) is 13.4 Å². The maximum absolute atomic E-state index is 11.6. The minimum absolute atomic E-state index is 0.0376. The van der Waals surface area contributed by atoms with E-state index >= 15 is 0 Å². The Morgan fingerprint density at radius 3 is 2.53 bits per heavy atom. The van der Waals surface area contributed by atoms with Crippen molar-refractivity contribution < 1.29 is 8.42 Å². The monoisotopic (exact) mass is 304 g/mol. The molecule has 0 aliphatic rings. The average Bonchev–Trinajstić information content (AvgIpc) is 2.37. The Labute approximate surface area is 120 Å². The first kappa shape index (κ1) is 16.2. The van der Waals surface area contributed by atoms with E-state index in [9.17, 15) is 8.42 Å². The minimum atomic E-state index is -3.28. The Bertz CT molecular complexity index is 501. The zero-order valence-corrected chi connectivity index (χ0v) is 13.1. The number of hydrogen-bond donors (Lipinski definition) is 1. The van der Waals surface area contributed by atoms with Gasteiger partial charge in [-0.3, -0.25) is 0 Å². The van der Waals surface area contributed by atoms with Crippen LogP contribution < -0.4 is 5.32 Å². The molecule has 0 bridgehead atoms. The van der Waals surface area contributed by atoms with Gasteiger partial charge in [0.25, 0.3) is 0 Å². The topological polar surface area (TPSA) is 59.1 Å². The van der Waals surface area contributed by atoms with Gasteiger partial charge in [-0.15, -0.1) is 11.6 Å². The molecule has 0 aromatic carbocycles. The van der Waals surface area contributed by atoms with Crippen LogP contribution in [0.4, 0.5) is 5.82 Å². The van der Waals surface area contributed by atoms with Crippen LogP contribution in [0.25, 0.3) is 0 Å². The van der Waals surface area contributed by atoms with Crippen LogP contribution in [0.3, 0.4) is 0 Å². The lowest BCUT2D eigenvalue weighted by Crippen LogP contribution is -2.23. The molecule has 1 rings (SSSR count). The number of alkyl halides is 1. The third-order valence-electron chi connectivity index (χ3n) is 3.19. The van der Waals surface area contributed by atoms with Gasteiger partial charge in [-0.2, -0.15) is 0 Å². The van der Waals surface area contributed by atoms with Crippen molar-refractivity contribution >= 4 is 27.3 Å². The van der Waals surface area contributed by atoms with Gasteiger partial charge in [0.2, 0.25) is 0 Å². The fourth-order valence-electron chi connectivity index (χ4n) is 1.98. The number of halogens is 1. The summed E-state index contributed by atoms with van der Waals surface area (Å²) in [6.07, 6.45) is 4.76. The van der Waals surface area contributed by atoms with Gasteiger partial charge >= 0.3 is 0 Å². The molecule has 0 aliphatic carbocycles. The molecule has 0 radical (unpaired) electrons. The Kier molecular flexibility index (Phi) is 6.07.